The van der Waals surface area contributed by atoms with Crippen LogP contribution in [0.15, 0.2) is 60.9 Å². The molecule has 1 saturated heterocycles. The Morgan fingerprint density at radius 3 is 2.79 bits per heavy atom. The molecule has 5 rings (SSSR count). The molecule has 0 aliphatic carbocycles. The first kappa shape index (κ1) is 17.6. The van der Waals surface area contributed by atoms with Crippen LogP contribution in [0.5, 0.6) is 0 Å². The Hall–Kier alpha value is -3.48. The highest BCUT2D eigenvalue weighted by Crippen LogP contribution is 2.37. The summed E-state index contributed by atoms with van der Waals surface area (Å²) in [5.74, 6) is -0.111. The van der Waals surface area contributed by atoms with Crippen molar-refractivity contribution in [2.45, 2.75) is 18.9 Å². The quantitative estimate of drug-likeness (QED) is 0.518. The number of hydrogen-bond acceptors (Lipinski definition) is 4. The molecule has 1 aliphatic heterocycles. The highest BCUT2D eigenvalue weighted by molar-refractivity contribution is 5.76. The van der Waals surface area contributed by atoms with E-state index >= 15 is 0 Å². The zero-order valence-electron chi connectivity index (χ0n) is 15.6. The first-order chi connectivity index (χ1) is 14.1. The third-order valence-electron chi connectivity index (χ3n) is 5.39. The van der Waals surface area contributed by atoms with Gasteiger partial charge in [-0.3, -0.25) is 4.57 Å². The third-order valence-corrected chi connectivity index (χ3v) is 5.39. The first-order valence-electron chi connectivity index (χ1n) is 9.52. The van der Waals surface area contributed by atoms with E-state index in [1.807, 2.05) is 45.9 Å². The number of nitrogens with zero attached hydrogens (tertiary/aromatic N) is 4. The van der Waals surface area contributed by atoms with E-state index in [0.29, 0.717) is 22.7 Å². The molecule has 5 nitrogen and oxygen atoms in total. The standard InChI is InChI=1S/C22H19F2N5/c23-14-6-7-18(24)17(11-14)20-5-2-10-28(20)21-9-8-19-22(27-21)29(13-26-19)16-4-1-3-15(25)12-16/h1,3-4,6-9,11-13,20H,2,5,10,25H2/t20-/m1/s1. The van der Waals surface area contributed by atoms with Crippen LogP contribution in [-0.4, -0.2) is 21.1 Å². The Kier molecular flexibility index (Phi) is 4.16. The van der Waals surface area contributed by atoms with Gasteiger partial charge < -0.3 is 10.6 Å². The number of pyridine rings is 1. The average molecular weight is 391 g/mol. The van der Waals surface area contributed by atoms with Gasteiger partial charge in [0.2, 0.25) is 0 Å². The van der Waals surface area contributed by atoms with E-state index in [4.69, 9.17) is 10.7 Å². The summed E-state index contributed by atoms with van der Waals surface area (Å²) in [6.45, 7) is 0.728. The lowest BCUT2D eigenvalue weighted by Crippen LogP contribution is -2.24. The molecule has 146 valence electrons. The van der Waals surface area contributed by atoms with E-state index in [-0.39, 0.29) is 6.04 Å². The predicted octanol–water partition coefficient (Wildman–Crippen LogP) is 4.62. The van der Waals surface area contributed by atoms with E-state index in [1.165, 1.54) is 12.1 Å². The van der Waals surface area contributed by atoms with Crippen LogP contribution in [-0.2, 0) is 0 Å². The maximum Gasteiger partial charge on any atom is 0.166 e. The molecule has 2 N–H and O–H groups in total. The second kappa shape index (κ2) is 6.84. The largest absolute Gasteiger partial charge is 0.399 e. The van der Waals surface area contributed by atoms with Crippen molar-refractivity contribution in [3.63, 3.8) is 0 Å². The molecule has 1 aliphatic rings. The minimum absolute atomic E-state index is 0.251. The number of aromatic nitrogens is 3. The van der Waals surface area contributed by atoms with Crippen LogP contribution in [0.2, 0.25) is 0 Å². The number of imidazole rings is 1. The van der Waals surface area contributed by atoms with Crippen LogP contribution in [0.25, 0.3) is 16.9 Å². The van der Waals surface area contributed by atoms with Gasteiger partial charge in [0.15, 0.2) is 5.65 Å². The molecular formula is C22H19F2N5. The van der Waals surface area contributed by atoms with Crippen molar-refractivity contribution in [2.24, 2.45) is 0 Å². The smallest absolute Gasteiger partial charge is 0.166 e. The second-order valence-electron chi connectivity index (χ2n) is 7.24. The SMILES string of the molecule is Nc1cccc(-n2cnc3ccc(N4CCC[C@@H]4c4cc(F)ccc4F)nc32)c1. The van der Waals surface area contributed by atoms with Gasteiger partial charge in [0.25, 0.3) is 0 Å². The Morgan fingerprint density at radius 2 is 1.93 bits per heavy atom. The number of rotatable bonds is 3. The lowest BCUT2D eigenvalue weighted by Gasteiger charge is -2.26. The summed E-state index contributed by atoms with van der Waals surface area (Å²) in [6, 6.07) is 14.6. The molecule has 2 aromatic carbocycles. The van der Waals surface area contributed by atoms with E-state index in [2.05, 4.69) is 4.98 Å². The fourth-order valence-corrected chi connectivity index (χ4v) is 4.04. The number of halogens is 2. The van der Waals surface area contributed by atoms with Crippen molar-refractivity contribution in [3.05, 3.63) is 78.1 Å². The van der Waals surface area contributed by atoms with Crippen LogP contribution in [0, 0.1) is 11.6 Å². The number of hydrogen-bond donors (Lipinski definition) is 1. The third kappa shape index (κ3) is 3.08. The van der Waals surface area contributed by atoms with Gasteiger partial charge in [0.1, 0.15) is 29.3 Å². The van der Waals surface area contributed by atoms with Crippen molar-refractivity contribution in [2.75, 3.05) is 17.2 Å². The van der Waals surface area contributed by atoms with Crippen LogP contribution in [0.4, 0.5) is 20.3 Å². The topological polar surface area (TPSA) is 60.0 Å². The molecule has 2 aromatic heterocycles. The van der Waals surface area contributed by atoms with Crippen LogP contribution < -0.4 is 10.6 Å². The minimum atomic E-state index is -0.434. The fraction of sp³-hybridized carbons (Fsp3) is 0.182. The molecular weight excluding hydrogens is 372 g/mol. The number of anilines is 2. The molecule has 3 heterocycles. The maximum absolute atomic E-state index is 14.4. The first-order valence-corrected chi connectivity index (χ1v) is 9.52. The van der Waals surface area contributed by atoms with Gasteiger partial charge in [-0.2, -0.15) is 0 Å². The molecule has 0 radical (unpaired) electrons. The summed E-state index contributed by atoms with van der Waals surface area (Å²) in [5.41, 5.74) is 9.26. The van der Waals surface area contributed by atoms with E-state index in [9.17, 15) is 8.78 Å². The summed E-state index contributed by atoms with van der Waals surface area (Å²) >= 11 is 0. The molecule has 0 saturated carbocycles. The maximum atomic E-state index is 14.4. The molecule has 1 fully saturated rings. The molecule has 0 amide bonds. The van der Waals surface area contributed by atoms with Gasteiger partial charge in [0.05, 0.1) is 11.7 Å². The zero-order chi connectivity index (χ0) is 20.0. The highest BCUT2D eigenvalue weighted by Gasteiger charge is 2.30. The van der Waals surface area contributed by atoms with Crippen molar-refractivity contribution < 1.29 is 8.78 Å². The van der Waals surface area contributed by atoms with Gasteiger partial charge in [-0.05, 0) is 61.4 Å². The summed E-state index contributed by atoms with van der Waals surface area (Å²) < 4.78 is 30.0. The molecule has 0 spiro atoms. The van der Waals surface area contributed by atoms with Gasteiger partial charge in [0, 0.05) is 17.8 Å². The van der Waals surface area contributed by atoms with Crippen molar-refractivity contribution in [1.29, 1.82) is 0 Å². The summed E-state index contributed by atoms with van der Waals surface area (Å²) in [5, 5.41) is 0. The minimum Gasteiger partial charge on any atom is -0.399 e. The highest BCUT2D eigenvalue weighted by atomic mass is 19.1. The normalized spacial score (nSPS) is 16.6. The van der Waals surface area contributed by atoms with E-state index < -0.39 is 11.6 Å². The van der Waals surface area contributed by atoms with Crippen LogP contribution in [0.1, 0.15) is 24.4 Å². The lowest BCUT2D eigenvalue weighted by atomic mass is 10.0. The Balaban J connectivity index is 1.58. The lowest BCUT2D eigenvalue weighted by molar-refractivity contribution is 0.560. The monoisotopic (exact) mass is 391 g/mol. The molecule has 4 aromatic rings. The number of nitrogens with two attached hydrogens (primary N) is 1. The predicted molar refractivity (Wildman–Crippen MR) is 109 cm³/mol. The van der Waals surface area contributed by atoms with E-state index in [0.717, 1.165) is 36.7 Å². The molecule has 7 heteroatoms. The Morgan fingerprint density at radius 1 is 1.03 bits per heavy atom. The zero-order valence-corrected chi connectivity index (χ0v) is 15.6. The van der Waals surface area contributed by atoms with E-state index in [1.54, 1.807) is 6.33 Å². The Bertz CT molecular complexity index is 1200. The van der Waals surface area contributed by atoms with Gasteiger partial charge >= 0.3 is 0 Å². The average Bonchev–Trinajstić information content (AvgIpc) is 3.36. The second-order valence-corrected chi connectivity index (χ2v) is 7.24. The number of nitrogen functional groups attached to an aromatic ring is 1. The molecule has 0 bridgehead atoms. The van der Waals surface area contributed by atoms with Gasteiger partial charge in [-0.1, -0.05) is 6.07 Å². The molecule has 0 unspecified atom stereocenters. The summed E-state index contributed by atoms with van der Waals surface area (Å²) in [4.78, 5) is 11.3. The van der Waals surface area contributed by atoms with Crippen molar-refractivity contribution in [3.8, 4) is 5.69 Å². The van der Waals surface area contributed by atoms with Crippen LogP contribution >= 0.6 is 0 Å². The number of benzene rings is 2. The summed E-state index contributed by atoms with van der Waals surface area (Å²) in [6.07, 6.45) is 3.34. The van der Waals surface area contributed by atoms with Crippen molar-refractivity contribution in [1.82, 2.24) is 14.5 Å². The Labute approximate surface area is 166 Å². The van der Waals surface area contributed by atoms with Crippen LogP contribution in [0.3, 0.4) is 0 Å². The summed E-state index contributed by atoms with van der Waals surface area (Å²) in [7, 11) is 0. The van der Waals surface area contributed by atoms with Crippen molar-refractivity contribution >= 4 is 22.7 Å². The molecule has 29 heavy (non-hydrogen) atoms. The fourth-order valence-electron chi connectivity index (χ4n) is 4.04. The van der Waals surface area contributed by atoms with Gasteiger partial charge in [-0.25, -0.2) is 18.7 Å². The van der Waals surface area contributed by atoms with Gasteiger partial charge in [-0.15, -0.1) is 0 Å². The molecule has 1 atom stereocenters. The number of fused-ring (bicyclic) bond motifs is 1.